The van der Waals surface area contributed by atoms with E-state index in [9.17, 15) is 8.42 Å². The molecule has 3 nitrogen and oxygen atoms in total. The van der Waals surface area contributed by atoms with E-state index in [0.717, 1.165) is 11.8 Å². The molecule has 0 fully saturated rings. The fraction of sp³-hybridized carbons (Fsp3) is 0.714. The van der Waals surface area contributed by atoms with Crippen LogP contribution in [0.4, 0.5) is 0 Å². The first-order valence-corrected chi connectivity index (χ1v) is 5.02. The third-order valence-corrected chi connectivity index (χ3v) is 2.39. The van der Waals surface area contributed by atoms with Gasteiger partial charge in [0.15, 0.2) is 0 Å². The van der Waals surface area contributed by atoms with Crippen molar-refractivity contribution in [2.24, 2.45) is 5.92 Å². The molecule has 4 heteroatoms. The zero-order valence-electron chi connectivity index (χ0n) is 7.03. The van der Waals surface area contributed by atoms with Crippen LogP contribution in [0.5, 0.6) is 0 Å². The van der Waals surface area contributed by atoms with Gasteiger partial charge in [-0.25, -0.2) is 0 Å². The Balaban J connectivity index is 4.48. The molecule has 0 spiro atoms. The summed E-state index contributed by atoms with van der Waals surface area (Å²) < 4.78 is 29.1. The molecule has 1 N–H and O–H groups in total. The van der Waals surface area contributed by atoms with Crippen molar-refractivity contribution < 1.29 is 13.0 Å². The first kappa shape index (κ1) is 10.7. The molecule has 0 bridgehead atoms. The topological polar surface area (TPSA) is 54.4 Å². The van der Waals surface area contributed by atoms with Crippen molar-refractivity contribution >= 4 is 10.1 Å². The van der Waals surface area contributed by atoms with Gasteiger partial charge in [0, 0.05) is 0 Å². The molecule has 0 aliphatic carbocycles. The number of hydrogen-bond acceptors (Lipinski definition) is 2. The quantitative estimate of drug-likeness (QED) is 0.671. The molecule has 0 aliphatic heterocycles. The summed E-state index contributed by atoms with van der Waals surface area (Å²) in [7, 11) is -3.94. The average molecular weight is 178 g/mol. The van der Waals surface area contributed by atoms with E-state index in [0.29, 0.717) is 5.57 Å². The van der Waals surface area contributed by atoms with Gasteiger partial charge in [-0.2, -0.15) is 8.42 Å². The van der Waals surface area contributed by atoms with Gasteiger partial charge in [0.25, 0.3) is 10.1 Å². The molecule has 0 aromatic heterocycles. The number of hydrogen-bond donors (Lipinski definition) is 1. The standard InChI is InChI=1S/C7H14O3S/c1-4-6(2)7(3)5-11(8,9)10/h5-6H,4H2,1-3H3,(H,8,9,10)/b7-5+. The van der Waals surface area contributed by atoms with E-state index in [1.54, 1.807) is 6.92 Å². The average Bonchev–Trinajstić information content (AvgIpc) is 1.82. The van der Waals surface area contributed by atoms with E-state index in [-0.39, 0.29) is 5.92 Å². The molecule has 0 radical (unpaired) electrons. The summed E-state index contributed by atoms with van der Waals surface area (Å²) >= 11 is 0. The van der Waals surface area contributed by atoms with Crippen LogP contribution in [-0.2, 0) is 10.1 Å². The fourth-order valence-electron chi connectivity index (χ4n) is 0.673. The number of rotatable bonds is 3. The van der Waals surface area contributed by atoms with Gasteiger partial charge >= 0.3 is 0 Å². The van der Waals surface area contributed by atoms with E-state index >= 15 is 0 Å². The van der Waals surface area contributed by atoms with Gasteiger partial charge in [0.1, 0.15) is 0 Å². The molecule has 0 saturated carbocycles. The lowest BCUT2D eigenvalue weighted by molar-refractivity contribution is 0.493. The van der Waals surface area contributed by atoms with Gasteiger partial charge < -0.3 is 0 Å². The fourth-order valence-corrected chi connectivity index (χ4v) is 1.38. The molecule has 0 rings (SSSR count). The Hall–Kier alpha value is -0.350. The highest BCUT2D eigenvalue weighted by Crippen LogP contribution is 2.13. The summed E-state index contributed by atoms with van der Waals surface area (Å²) in [6.07, 6.45) is 0.873. The highest BCUT2D eigenvalue weighted by Gasteiger charge is 2.05. The minimum atomic E-state index is -3.94. The van der Waals surface area contributed by atoms with Crippen molar-refractivity contribution in [2.75, 3.05) is 0 Å². The van der Waals surface area contributed by atoms with Gasteiger partial charge in [0.2, 0.25) is 0 Å². The summed E-state index contributed by atoms with van der Waals surface area (Å²) in [5.74, 6) is 0.205. The van der Waals surface area contributed by atoms with Crippen LogP contribution in [0.3, 0.4) is 0 Å². The summed E-state index contributed by atoms with van der Waals surface area (Å²) in [5, 5.41) is 0.904. The molecule has 0 heterocycles. The van der Waals surface area contributed by atoms with Crippen molar-refractivity contribution in [2.45, 2.75) is 27.2 Å². The summed E-state index contributed by atoms with van der Waals surface area (Å²) in [6, 6.07) is 0. The van der Waals surface area contributed by atoms with Gasteiger partial charge in [-0.05, 0) is 19.3 Å². The van der Waals surface area contributed by atoms with Crippen molar-refractivity contribution in [3.8, 4) is 0 Å². The highest BCUT2D eigenvalue weighted by molar-refractivity contribution is 7.88. The van der Waals surface area contributed by atoms with E-state index < -0.39 is 10.1 Å². The second-order valence-corrected chi connectivity index (χ2v) is 3.95. The van der Waals surface area contributed by atoms with E-state index in [1.165, 1.54) is 0 Å². The maximum atomic E-state index is 10.3. The van der Waals surface area contributed by atoms with Crippen LogP contribution in [0.2, 0.25) is 0 Å². The molecule has 0 aromatic rings. The second-order valence-electron chi connectivity index (χ2n) is 2.69. The van der Waals surface area contributed by atoms with Crippen molar-refractivity contribution in [3.63, 3.8) is 0 Å². The predicted molar refractivity (Wildman–Crippen MR) is 44.8 cm³/mol. The molecule has 0 aromatic carbocycles. The summed E-state index contributed by atoms with van der Waals surface area (Å²) in [5.41, 5.74) is 0.690. The molecule has 11 heavy (non-hydrogen) atoms. The van der Waals surface area contributed by atoms with Crippen LogP contribution < -0.4 is 0 Å². The first-order valence-electron chi connectivity index (χ1n) is 3.52. The van der Waals surface area contributed by atoms with E-state index in [1.807, 2.05) is 13.8 Å². The second kappa shape index (κ2) is 3.88. The molecule has 1 unspecified atom stereocenters. The zero-order chi connectivity index (χ0) is 9.07. The molecule has 66 valence electrons. The third-order valence-electron chi connectivity index (χ3n) is 1.72. The highest BCUT2D eigenvalue weighted by atomic mass is 32.2. The molecule has 0 saturated heterocycles. The van der Waals surface area contributed by atoms with Gasteiger partial charge in [-0.15, -0.1) is 0 Å². The summed E-state index contributed by atoms with van der Waals surface area (Å²) in [4.78, 5) is 0. The Kier molecular flexibility index (Phi) is 3.75. The minimum Gasteiger partial charge on any atom is -0.282 e. The summed E-state index contributed by atoms with van der Waals surface area (Å²) in [6.45, 7) is 5.57. The lowest BCUT2D eigenvalue weighted by atomic mass is 10.0. The van der Waals surface area contributed by atoms with Crippen LogP contribution in [0.25, 0.3) is 0 Å². The Bertz CT molecular complexity index is 238. The van der Waals surface area contributed by atoms with Gasteiger partial charge in [-0.3, -0.25) is 4.55 Å². The van der Waals surface area contributed by atoms with Crippen LogP contribution in [0, 0.1) is 5.92 Å². The number of allylic oxidation sites excluding steroid dienone is 1. The first-order chi connectivity index (χ1) is 4.87. The van der Waals surface area contributed by atoms with Crippen LogP contribution in [0.1, 0.15) is 27.2 Å². The largest absolute Gasteiger partial charge is 0.287 e. The maximum absolute atomic E-state index is 10.3. The predicted octanol–water partition coefficient (Wildman–Crippen LogP) is 1.82. The maximum Gasteiger partial charge on any atom is 0.287 e. The molecule has 0 aliphatic rings. The Labute approximate surface area is 67.9 Å². The van der Waals surface area contributed by atoms with Crippen LogP contribution >= 0.6 is 0 Å². The van der Waals surface area contributed by atoms with Crippen LogP contribution in [-0.4, -0.2) is 13.0 Å². The van der Waals surface area contributed by atoms with Crippen molar-refractivity contribution in [1.82, 2.24) is 0 Å². The molecule has 0 amide bonds. The third kappa shape index (κ3) is 4.98. The Morgan fingerprint density at radius 2 is 2.09 bits per heavy atom. The van der Waals surface area contributed by atoms with Crippen LogP contribution in [0.15, 0.2) is 11.0 Å². The minimum absolute atomic E-state index is 0.205. The van der Waals surface area contributed by atoms with Crippen molar-refractivity contribution in [3.05, 3.63) is 11.0 Å². The van der Waals surface area contributed by atoms with E-state index in [2.05, 4.69) is 0 Å². The van der Waals surface area contributed by atoms with Gasteiger partial charge in [0.05, 0.1) is 5.41 Å². The molecular weight excluding hydrogens is 164 g/mol. The van der Waals surface area contributed by atoms with Crippen molar-refractivity contribution in [1.29, 1.82) is 0 Å². The lowest BCUT2D eigenvalue weighted by Gasteiger charge is -2.06. The zero-order valence-corrected chi connectivity index (χ0v) is 7.85. The van der Waals surface area contributed by atoms with Gasteiger partial charge in [-0.1, -0.05) is 19.4 Å². The normalized spacial score (nSPS) is 16.5. The SMILES string of the molecule is CCC(C)/C(C)=C/S(=O)(=O)O. The molecular formula is C7H14O3S. The smallest absolute Gasteiger partial charge is 0.282 e. The van der Waals surface area contributed by atoms with E-state index in [4.69, 9.17) is 4.55 Å². The Morgan fingerprint density at radius 3 is 2.36 bits per heavy atom. The monoisotopic (exact) mass is 178 g/mol. The lowest BCUT2D eigenvalue weighted by Crippen LogP contribution is -1.98. The Morgan fingerprint density at radius 1 is 1.64 bits per heavy atom. The molecule has 1 atom stereocenters.